The van der Waals surface area contributed by atoms with Crippen molar-refractivity contribution in [3.05, 3.63) is 24.0 Å². The van der Waals surface area contributed by atoms with E-state index in [2.05, 4.69) is 4.98 Å². The van der Waals surface area contributed by atoms with Crippen molar-refractivity contribution in [2.24, 2.45) is 0 Å². The van der Waals surface area contributed by atoms with Crippen molar-refractivity contribution in [1.29, 1.82) is 0 Å². The molecule has 0 bridgehead atoms. The zero-order chi connectivity index (χ0) is 5.98. The van der Waals surface area contributed by atoms with Gasteiger partial charge in [0.25, 0.3) is 0 Å². The fourth-order valence-electron chi connectivity index (χ4n) is 0.476. The molecule has 0 aliphatic carbocycles. The second kappa shape index (κ2) is 3.30. The molecule has 1 aromatic rings. The lowest BCUT2D eigenvalue weighted by Gasteiger charge is -1.92. The summed E-state index contributed by atoms with van der Waals surface area (Å²) < 4.78 is 0. The lowest BCUT2D eigenvalue weighted by Crippen LogP contribution is -1.88. The van der Waals surface area contributed by atoms with Gasteiger partial charge in [0.1, 0.15) is 0 Å². The first-order valence-corrected chi connectivity index (χ1v) is 2.47. The minimum atomic E-state index is 0. The van der Waals surface area contributed by atoms with Gasteiger partial charge in [0.05, 0.1) is 5.69 Å². The number of pyridine rings is 1. The van der Waals surface area contributed by atoms with Crippen LogP contribution < -0.4 is 5.73 Å². The molecule has 0 saturated carbocycles. The van der Waals surface area contributed by atoms with Gasteiger partial charge >= 0.3 is 0 Å². The molecule has 0 aliphatic heterocycles. The topological polar surface area (TPSA) is 38.9 Å². The van der Waals surface area contributed by atoms with Gasteiger partial charge < -0.3 is 5.73 Å². The van der Waals surface area contributed by atoms with Crippen LogP contribution in [0.15, 0.2) is 18.5 Å². The minimum absolute atomic E-state index is 0. The standard InChI is InChI=1S/C6H8N2.ClH/c1-5-2-3-8-4-6(5)7;/h2-4H,7H2,1H3;1H. The summed E-state index contributed by atoms with van der Waals surface area (Å²) in [6.45, 7) is 1.96. The maximum Gasteiger partial charge on any atom is 0.0530 e. The fraction of sp³-hybridized carbons (Fsp3) is 0.167. The predicted octanol–water partition coefficient (Wildman–Crippen LogP) is 1.39. The molecule has 50 valence electrons. The Hall–Kier alpha value is -0.760. The summed E-state index contributed by atoms with van der Waals surface area (Å²) in [5.41, 5.74) is 7.30. The van der Waals surface area contributed by atoms with Crippen molar-refractivity contribution < 1.29 is 0 Å². The zero-order valence-corrected chi connectivity index (χ0v) is 5.98. The van der Waals surface area contributed by atoms with E-state index in [0.717, 1.165) is 11.3 Å². The number of nitrogens with zero attached hydrogens (tertiary/aromatic N) is 1. The second-order valence-electron chi connectivity index (χ2n) is 1.73. The molecular formula is C6H9ClN2. The average Bonchev–Trinajstić information content (AvgIpc) is 1.77. The summed E-state index contributed by atoms with van der Waals surface area (Å²) in [6, 6.07) is 1.88. The van der Waals surface area contributed by atoms with Crippen LogP contribution in [0.4, 0.5) is 5.69 Å². The van der Waals surface area contributed by atoms with E-state index in [-0.39, 0.29) is 12.4 Å². The Morgan fingerprint density at radius 2 is 2.22 bits per heavy atom. The number of rotatable bonds is 0. The van der Waals surface area contributed by atoms with Crippen LogP contribution in [0.5, 0.6) is 0 Å². The number of halogens is 1. The van der Waals surface area contributed by atoms with Gasteiger partial charge in [-0.25, -0.2) is 0 Å². The summed E-state index contributed by atoms with van der Waals surface area (Å²) in [4.78, 5) is 3.82. The van der Waals surface area contributed by atoms with E-state index in [1.165, 1.54) is 0 Å². The summed E-state index contributed by atoms with van der Waals surface area (Å²) in [5.74, 6) is 0. The SMILES string of the molecule is Cc1ccncc1N.Cl. The van der Waals surface area contributed by atoms with Crippen molar-refractivity contribution in [3.63, 3.8) is 0 Å². The normalized spacial score (nSPS) is 8.11. The van der Waals surface area contributed by atoms with Gasteiger partial charge in [-0.15, -0.1) is 12.4 Å². The van der Waals surface area contributed by atoms with Crippen molar-refractivity contribution in [1.82, 2.24) is 4.98 Å². The number of anilines is 1. The highest BCUT2D eigenvalue weighted by Gasteiger charge is 1.85. The van der Waals surface area contributed by atoms with E-state index in [9.17, 15) is 0 Å². The number of aryl methyl sites for hydroxylation is 1. The van der Waals surface area contributed by atoms with E-state index in [1.807, 2.05) is 13.0 Å². The van der Waals surface area contributed by atoms with Crippen LogP contribution in [0.3, 0.4) is 0 Å². The molecule has 2 nitrogen and oxygen atoms in total. The number of hydrogen-bond donors (Lipinski definition) is 1. The minimum Gasteiger partial charge on any atom is -0.397 e. The summed E-state index contributed by atoms with van der Waals surface area (Å²) in [7, 11) is 0. The molecule has 9 heavy (non-hydrogen) atoms. The average molecular weight is 145 g/mol. The first-order chi connectivity index (χ1) is 3.80. The molecule has 1 aromatic heterocycles. The predicted molar refractivity (Wildman–Crippen MR) is 40.6 cm³/mol. The largest absolute Gasteiger partial charge is 0.397 e. The molecule has 1 rings (SSSR count). The highest BCUT2D eigenvalue weighted by Crippen LogP contribution is 2.04. The van der Waals surface area contributed by atoms with Gasteiger partial charge in [-0.3, -0.25) is 4.98 Å². The number of nitrogens with two attached hydrogens (primary N) is 1. The molecule has 0 aliphatic rings. The second-order valence-corrected chi connectivity index (χ2v) is 1.73. The molecule has 0 spiro atoms. The smallest absolute Gasteiger partial charge is 0.0530 e. The molecule has 0 saturated heterocycles. The van der Waals surface area contributed by atoms with E-state index in [0.29, 0.717) is 0 Å². The summed E-state index contributed by atoms with van der Waals surface area (Å²) in [6.07, 6.45) is 3.38. The Kier molecular flexibility index (Phi) is 3.02. The Bertz CT molecular complexity index is 167. The Balaban J connectivity index is 0.000000640. The summed E-state index contributed by atoms with van der Waals surface area (Å²) in [5, 5.41) is 0. The third-order valence-electron chi connectivity index (χ3n) is 1.08. The van der Waals surface area contributed by atoms with E-state index < -0.39 is 0 Å². The van der Waals surface area contributed by atoms with Crippen molar-refractivity contribution >= 4 is 18.1 Å². The molecule has 0 radical (unpaired) electrons. The first-order valence-electron chi connectivity index (χ1n) is 2.47. The fourth-order valence-corrected chi connectivity index (χ4v) is 0.476. The number of aromatic nitrogens is 1. The van der Waals surface area contributed by atoms with Gasteiger partial charge in [-0.1, -0.05) is 0 Å². The van der Waals surface area contributed by atoms with Gasteiger partial charge in [0, 0.05) is 12.4 Å². The van der Waals surface area contributed by atoms with Crippen LogP contribution in [0.1, 0.15) is 5.56 Å². The van der Waals surface area contributed by atoms with Crippen LogP contribution in [0.25, 0.3) is 0 Å². The first kappa shape index (κ1) is 8.24. The highest BCUT2D eigenvalue weighted by atomic mass is 35.5. The van der Waals surface area contributed by atoms with E-state index in [4.69, 9.17) is 5.73 Å². The van der Waals surface area contributed by atoms with Crippen LogP contribution in [0.2, 0.25) is 0 Å². The molecule has 0 atom stereocenters. The maximum atomic E-state index is 5.46. The molecule has 0 fully saturated rings. The van der Waals surface area contributed by atoms with E-state index >= 15 is 0 Å². The Morgan fingerprint density at radius 3 is 2.56 bits per heavy atom. The highest BCUT2D eigenvalue weighted by molar-refractivity contribution is 5.85. The Labute approximate surface area is 60.5 Å². The maximum absolute atomic E-state index is 5.46. The molecular weight excluding hydrogens is 136 g/mol. The molecule has 1 heterocycles. The van der Waals surface area contributed by atoms with Gasteiger partial charge in [0.2, 0.25) is 0 Å². The Morgan fingerprint density at radius 1 is 1.56 bits per heavy atom. The number of nitrogen functional groups attached to an aromatic ring is 1. The number of hydrogen-bond acceptors (Lipinski definition) is 2. The zero-order valence-electron chi connectivity index (χ0n) is 5.16. The molecule has 3 heteroatoms. The molecule has 2 N–H and O–H groups in total. The van der Waals surface area contributed by atoms with Crippen LogP contribution >= 0.6 is 12.4 Å². The van der Waals surface area contributed by atoms with Crippen LogP contribution in [-0.2, 0) is 0 Å². The third-order valence-corrected chi connectivity index (χ3v) is 1.08. The lowest BCUT2D eigenvalue weighted by molar-refractivity contribution is 1.29. The van der Waals surface area contributed by atoms with Crippen molar-refractivity contribution in [2.45, 2.75) is 6.92 Å². The van der Waals surface area contributed by atoms with Crippen LogP contribution in [-0.4, -0.2) is 4.98 Å². The molecule has 0 aromatic carbocycles. The lowest BCUT2D eigenvalue weighted by atomic mass is 10.3. The van der Waals surface area contributed by atoms with Gasteiger partial charge in [0.15, 0.2) is 0 Å². The summed E-state index contributed by atoms with van der Waals surface area (Å²) >= 11 is 0. The van der Waals surface area contributed by atoms with Crippen molar-refractivity contribution in [3.8, 4) is 0 Å². The van der Waals surface area contributed by atoms with Gasteiger partial charge in [-0.05, 0) is 18.6 Å². The quantitative estimate of drug-likeness (QED) is 0.598. The van der Waals surface area contributed by atoms with Crippen LogP contribution in [0, 0.1) is 6.92 Å². The van der Waals surface area contributed by atoms with Crippen molar-refractivity contribution in [2.75, 3.05) is 5.73 Å². The third kappa shape index (κ3) is 1.90. The molecule has 0 unspecified atom stereocenters. The van der Waals surface area contributed by atoms with E-state index in [1.54, 1.807) is 12.4 Å². The monoisotopic (exact) mass is 144 g/mol. The van der Waals surface area contributed by atoms with Gasteiger partial charge in [-0.2, -0.15) is 0 Å². The molecule has 0 amide bonds.